The lowest BCUT2D eigenvalue weighted by atomic mass is 9.72. The van der Waals surface area contributed by atoms with E-state index in [2.05, 4.69) is 15.3 Å². The molecule has 2 N–H and O–H groups in total. The number of rotatable bonds is 1. The van der Waals surface area contributed by atoms with E-state index in [0.717, 1.165) is 0 Å². The molecule has 3 heterocycles. The number of H-pyrrole nitrogens is 1. The number of nitrogens with zero attached hydrogens (tertiary/aromatic N) is 1. The molecule has 6 nitrogen and oxygen atoms in total. The van der Waals surface area contributed by atoms with Crippen LogP contribution in [0.5, 0.6) is 0 Å². The van der Waals surface area contributed by atoms with Gasteiger partial charge in [-0.05, 0) is 12.1 Å². The minimum atomic E-state index is -1.15. The molecule has 0 bridgehead atoms. The Morgan fingerprint density at radius 2 is 1.95 bits per heavy atom. The summed E-state index contributed by atoms with van der Waals surface area (Å²) in [5.74, 6) is -1.35. The lowest BCUT2D eigenvalue weighted by Crippen LogP contribution is -2.39. The first-order valence-electron chi connectivity index (χ1n) is 6.83. The van der Waals surface area contributed by atoms with Crippen LogP contribution in [0.15, 0.2) is 53.5 Å². The van der Waals surface area contributed by atoms with Gasteiger partial charge in [-0.25, -0.2) is 4.98 Å². The number of imide groups is 1. The van der Waals surface area contributed by atoms with Crippen molar-refractivity contribution in [3.8, 4) is 0 Å². The van der Waals surface area contributed by atoms with Crippen LogP contribution in [0.4, 0.5) is 0 Å². The minimum absolute atomic E-state index is 0.145. The van der Waals surface area contributed by atoms with Gasteiger partial charge in [0.1, 0.15) is 11.1 Å². The third-order valence-electron chi connectivity index (χ3n) is 4.20. The van der Waals surface area contributed by atoms with Crippen molar-refractivity contribution < 1.29 is 9.59 Å². The molecule has 0 saturated carbocycles. The molecule has 1 aliphatic carbocycles. The van der Waals surface area contributed by atoms with Crippen LogP contribution in [0, 0.1) is 5.92 Å². The van der Waals surface area contributed by atoms with Crippen LogP contribution in [0.1, 0.15) is 5.69 Å². The van der Waals surface area contributed by atoms with E-state index in [9.17, 15) is 14.4 Å². The maximum absolute atomic E-state index is 12.4. The van der Waals surface area contributed by atoms with Gasteiger partial charge in [-0.1, -0.05) is 24.3 Å². The molecule has 1 saturated heterocycles. The summed E-state index contributed by atoms with van der Waals surface area (Å²) in [6, 6.07) is 4.68. The molecule has 1 fully saturated rings. The fraction of sp³-hybridized carbons (Fsp3) is 0.125. The van der Waals surface area contributed by atoms with E-state index in [4.69, 9.17) is 0 Å². The molecule has 2 atom stereocenters. The Hall–Kier alpha value is -3.02. The molecular weight excluding hydrogens is 282 g/mol. The number of amides is 2. The number of fused-ring (bicyclic) bond motifs is 2. The summed E-state index contributed by atoms with van der Waals surface area (Å²) in [5.41, 5.74) is -0.454. The highest BCUT2D eigenvalue weighted by molar-refractivity contribution is 6.12. The zero-order valence-electron chi connectivity index (χ0n) is 11.4. The number of aromatic amines is 1. The van der Waals surface area contributed by atoms with Gasteiger partial charge in [0.2, 0.25) is 11.8 Å². The van der Waals surface area contributed by atoms with Crippen molar-refractivity contribution >= 4 is 22.8 Å². The zero-order chi connectivity index (χ0) is 15.3. The second-order valence-electron chi connectivity index (χ2n) is 5.34. The predicted molar refractivity (Wildman–Crippen MR) is 79.0 cm³/mol. The van der Waals surface area contributed by atoms with E-state index >= 15 is 0 Å². The van der Waals surface area contributed by atoms with Crippen molar-refractivity contribution in [2.24, 2.45) is 5.92 Å². The first-order valence-corrected chi connectivity index (χ1v) is 6.83. The average molecular weight is 293 g/mol. The highest BCUT2D eigenvalue weighted by Gasteiger charge is 2.55. The predicted octanol–water partition coefficient (Wildman–Crippen LogP) is 0.559. The van der Waals surface area contributed by atoms with Crippen molar-refractivity contribution in [1.82, 2.24) is 15.3 Å². The standard InChI is InChI=1S/C16H11N3O3/c20-11-6-8-17-13-9(11)4-5-12(18-13)16-7-2-1-3-10(16)14(21)19-15(16)22/h1-8,10H,(H,17,18,20)(H,19,21,22). The van der Waals surface area contributed by atoms with Crippen LogP contribution < -0.4 is 10.7 Å². The number of hydrogen-bond acceptors (Lipinski definition) is 4. The molecule has 4 rings (SSSR count). The molecule has 2 amide bonds. The van der Waals surface area contributed by atoms with Crippen molar-refractivity contribution in [2.45, 2.75) is 5.41 Å². The van der Waals surface area contributed by atoms with Gasteiger partial charge >= 0.3 is 0 Å². The summed E-state index contributed by atoms with van der Waals surface area (Å²) in [5, 5.41) is 2.81. The Bertz CT molecular complexity index is 941. The summed E-state index contributed by atoms with van der Waals surface area (Å²) in [6.07, 6.45) is 8.36. The molecule has 0 aromatic carbocycles. The van der Waals surface area contributed by atoms with Gasteiger partial charge in [0.15, 0.2) is 5.43 Å². The van der Waals surface area contributed by atoms with Crippen LogP contribution >= 0.6 is 0 Å². The Morgan fingerprint density at radius 3 is 2.82 bits per heavy atom. The summed E-state index contributed by atoms with van der Waals surface area (Å²) >= 11 is 0. The van der Waals surface area contributed by atoms with Gasteiger partial charge in [0.25, 0.3) is 0 Å². The molecule has 2 aromatic rings. The normalized spacial score (nSPS) is 26.3. The second-order valence-corrected chi connectivity index (χ2v) is 5.34. The Kier molecular flexibility index (Phi) is 2.45. The van der Waals surface area contributed by atoms with Gasteiger partial charge in [0.05, 0.1) is 17.0 Å². The molecule has 0 radical (unpaired) electrons. The monoisotopic (exact) mass is 293 g/mol. The van der Waals surface area contributed by atoms with Crippen LogP contribution in [0.25, 0.3) is 11.0 Å². The van der Waals surface area contributed by atoms with Crippen LogP contribution in [0.3, 0.4) is 0 Å². The van der Waals surface area contributed by atoms with Gasteiger partial charge in [-0.2, -0.15) is 0 Å². The van der Waals surface area contributed by atoms with E-state index in [1.807, 2.05) is 0 Å². The second kappa shape index (κ2) is 4.24. The Balaban J connectivity index is 1.99. The van der Waals surface area contributed by atoms with Crippen molar-refractivity contribution in [2.75, 3.05) is 0 Å². The van der Waals surface area contributed by atoms with E-state index in [-0.39, 0.29) is 11.3 Å². The molecule has 1 aliphatic heterocycles. The number of pyridine rings is 2. The van der Waals surface area contributed by atoms with Crippen molar-refractivity contribution in [3.63, 3.8) is 0 Å². The number of carbonyl (C=O) groups is 2. The van der Waals surface area contributed by atoms with Gasteiger partial charge in [0, 0.05) is 12.3 Å². The SMILES string of the molecule is O=C1NC(=O)C2(c3ccc4c(=O)cc[nH]c4n3)C=CC=CC12. The number of hydrogen-bond donors (Lipinski definition) is 2. The van der Waals surface area contributed by atoms with Gasteiger partial charge < -0.3 is 4.98 Å². The molecule has 2 unspecified atom stereocenters. The lowest BCUT2D eigenvalue weighted by Gasteiger charge is -2.27. The highest BCUT2D eigenvalue weighted by Crippen LogP contribution is 2.40. The first-order chi connectivity index (χ1) is 10.6. The summed E-state index contributed by atoms with van der Waals surface area (Å²) in [6.45, 7) is 0. The van der Waals surface area contributed by atoms with E-state index in [1.165, 1.54) is 12.3 Å². The summed E-state index contributed by atoms with van der Waals surface area (Å²) < 4.78 is 0. The Morgan fingerprint density at radius 1 is 1.09 bits per heavy atom. The van der Waals surface area contributed by atoms with Crippen molar-refractivity contribution in [1.29, 1.82) is 0 Å². The van der Waals surface area contributed by atoms with E-state index in [1.54, 1.807) is 36.4 Å². The number of allylic oxidation sites excluding steroid dienone is 2. The first kappa shape index (κ1) is 12.7. The summed E-state index contributed by atoms with van der Waals surface area (Å²) in [4.78, 5) is 43.5. The quantitative estimate of drug-likeness (QED) is 0.751. The van der Waals surface area contributed by atoms with Crippen LogP contribution in [-0.2, 0) is 15.0 Å². The number of aromatic nitrogens is 2. The molecule has 6 heteroatoms. The summed E-state index contributed by atoms with van der Waals surface area (Å²) in [7, 11) is 0. The molecule has 22 heavy (non-hydrogen) atoms. The number of carbonyl (C=O) groups excluding carboxylic acids is 2. The van der Waals surface area contributed by atoms with Crippen LogP contribution in [0.2, 0.25) is 0 Å². The fourth-order valence-electron chi connectivity index (χ4n) is 3.09. The van der Waals surface area contributed by atoms with E-state index < -0.39 is 17.2 Å². The van der Waals surface area contributed by atoms with Crippen LogP contribution in [-0.4, -0.2) is 21.8 Å². The molecule has 108 valence electrons. The third kappa shape index (κ3) is 1.49. The molecule has 2 aromatic heterocycles. The van der Waals surface area contributed by atoms with Gasteiger partial charge in [-0.15, -0.1) is 0 Å². The Labute approximate surface area is 124 Å². The van der Waals surface area contributed by atoms with E-state index in [0.29, 0.717) is 16.7 Å². The topological polar surface area (TPSA) is 91.9 Å². The highest BCUT2D eigenvalue weighted by atomic mass is 16.2. The maximum Gasteiger partial charge on any atom is 0.243 e. The molecule has 2 aliphatic rings. The lowest BCUT2D eigenvalue weighted by molar-refractivity contribution is -0.126. The number of nitrogens with one attached hydrogen (secondary N) is 2. The van der Waals surface area contributed by atoms with Gasteiger partial charge in [-0.3, -0.25) is 19.7 Å². The minimum Gasteiger partial charge on any atom is -0.346 e. The largest absolute Gasteiger partial charge is 0.346 e. The zero-order valence-corrected chi connectivity index (χ0v) is 11.4. The molecule has 0 spiro atoms. The average Bonchev–Trinajstić information content (AvgIpc) is 2.80. The maximum atomic E-state index is 12.4. The van der Waals surface area contributed by atoms with Crippen molar-refractivity contribution in [3.05, 3.63) is 64.6 Å². The smallest absolute Gasteiger partial charge is 0.243 e. The molecular formula is C16H11N3O3. The fourth-order valence-corrected chi connectivity index (χ4v) is 3.09. The third-order valence-corrected chi connectivity index (χ3v) is 4.20.